The number of unbranched alkanes of at least 4 members (excludes halogenated alkanes) is 1. The third kappa shape index (κ3) is 6.26. The van der Waals surface area contributed by atoms with E-state index in [-0.39, 0.29) is 0 Å². The summed E-state index contributed by atoms with van der Waals surface area (Å²) in [7, 11) is 3.27. The summed E-state index contributed by atoms with van der Waals surface area (Å²) < 4.78 is 16.2. The normalized spacial score (nSPS) is 10.2. The topological polar surface area (TPSA) is 39.7 Å². The van der Waals surface area contributed by atoms with Crippen molar-refractivity contribution in [3.05, 3.63) is 22.7 Å². The highest BCUT2D eigenvalue weighted by atomic mass is 35.5. The van der Waals surface area contributed by atoms with E-state index in [4.69, 9.17) is 32.2 Å². The molecule has 4 nitrogen and oxygen atoms in total. The maximum atomic E-state index is 6.11. The van der Waals surface area contributed by atoms with Crippen LogP contribution in [0.4, 0.5) is 0 Å². The number of terminal acetylenes is 1. The lowest BCUT2D eigenvalue weighted by atomic mass is 10.1. The van der Waals surface area contributed by atoms with Crippen molar-refractivity contribution in [3.8, 4) is 23.8 Å². The Kier molecular flexibility index (Phi) is 8.68. The van der Waals surface area contributed by atoms with Gasteiger partial charge in [-0.3, -0.25) is 0 Å². The number of benzene rings is 1. The highest BCUT2D eigenvalue weighted by molar-refractivity contribution is 6.30. The summed E-state index contributed by atoms with van der Waals surface area (Å²) in [5.74, 6) is 3.94. The van der Waals surface area contributed by atoms with Gasteiger partial charge in [-0.15, -0.1) is 12.3 Å². The first-order valence-corrected chi connectivity index (χ1v) is 7.23. The third-order valence-corrected chi connectivity index (χ3v) is 3.04. The van der Waals surface area contributed by atoms with Crippen LogP contribution in [0.15, 0.2) is 12.1 Å². The van der Waals surface area contributed by atoms with Gasteiger partial charge in [0.05, 0.1) is 20.3 Å². The minimum atomic E-state index is 0.549. The first kappa shape index (κ1) is 17.6. The second-order valence-corrected chi connectivity index (χ2v) is 4.86. The summed E-state index contributed by atoms with van der Waals surface area (Å²) in [6.07, 6.45) is 6.73. The van der Waals surface area contributed by atoms with Gasteiger partial charge in [-0.05, 0) is 12.5 Å². The van der Waals surface area contributed by atoms with Crippen molar-refractivity contribution in [3.63, 3.8) is 0 Å². The number of methoxy groups -OCH3 is 2. The van der Waals surface area contributed by atoms with Gasteiger partial charge in [0.2, 0.25) is 0 Å². The van der Waals surface area contributed by atoms with E-state index < -0.39 is 0 Å². The van der Waals surface area contributed by atoms with Crippen molar-refractivity contribution in [1.29, 1.82) is 0 Å². The molecule has 0 aliphatic carbocycles. The fourth-order valence-corrected chi connectivity index (χ4v) is 2.05. The van der Waals surface area contributed by atoms with E-state index in [1.165, 1.54) is 0 Å². The number of nitrogens with one attached hydrogen (secondary N) is 1. The highest BCUT2D eigenvalue weighted by Gasteiger charge is 2.12. The quantitative estimate of drug-likeness (QED) is 0.533. The molecule has 0 atom stereocenters. The monoisotopic (exact) mass is 311 g/mol. The van der Waals surface area contributed by atoms with Crippen molar-refractivity contribution < 1.29 is 14.2 Å². The molecule has 0 amide bonds. The molecule has 1 aromatic rings. The van der Waals surface area contributed by atoms with Gasteiger partial charge in [0.15, 0.2) is 11.5 Å². The number of rotatable bonds is 10. The maximum absolute atomic E-state index is 6.11. The average Bonchev–Trinajstić information content (AvgIpc) is 2.49. The van der Waals surface area contributed by atoms with Gasteiger partial charge in [-0.25, -0.2) is 0 Å². The van der Waals surface area contributed by atoms with Crippen molar-refractivity contribution in [2.45, 2.75) is 19.4 Å². The average molecular weight is 312 g/mol. The molecule has 0 unspecified atom stereocenters. The SMILES string of the molecule is C#CCCCOc1c(CNCCOC)cc(Cl)cc1OC. The van der Waals surface area contributed by atoms with Gasteiger partial charge < -0.3 is 19.5 Å². The highest BCUT2D eigenvalue weighted by Crippen LogP contribution is 2.34. The maximum Gasteiger partial charge on any atom is 0.165 e. The predicted molar refractivity (Wildman–Crippen MR) is 85.1 cm³/mol. The number of hydrogen-bond acceptors (Lipinski definition) is 4. The molecule has 0 saturated carbocycles. The van der Waals surface area contributed by atoms with E-state index in [1.54, 1.807) is 20.3 Å². The molecule has 0 heterocycles. The number of hydrogen-bond donors (Lipinski definition) is 1. The van der Waals surface area contributed by atoms with E-state index in [0.717, 1.165) is 18.5 Å². The summed E-state index contributed by atoms with van der Waals surface area (Å²) in [4.78, 5) is 0. The van der Waals surface area contributed by atoms with E-state index in [1.807, 2.05) is 6.07 Å². The molecule has 0 saturated heterocycles. The molecule has 0 fully saturated rings. The van der Waals surface area contributed by atoms with Gasteiger partial charge >= 0.3 is 0 Å². The second-order valence-electron chi connectivity index (χ2n) is 4.42. The molecular weight excluding hydrogens is 290 g/mol. The van der Waals surface area contributed by atoms with Crippen LogP contribution in [0.2, 0.25) is 5.02 Å². The number of halogens is 1. The van der Waals surface area contributed by atoms with Crippen LogP contribution < -0.4 is 14.8 Å². The zero-order valence-corrected chi connectivity index (χ0v) is 13.3. The predicted octanol–water partition coefficient (Wildman–Crippen LogP) is 2.88. The molecule has 0 aliphatic rings. The molecule has 0 bridgehead atoms. The lowest BCUT2D eigenvalue weighted by Gasteiger charge is -2.16. The standard InChI is InChI=1S/C16H22ClNO3/c1-4-5-6-8-21-16-13(12-18-7-9-19-2)10-14(17)11-15(16)20-3/h1,10-11,18H,5-9,12H2,2-3H3. The summed E-state index contributed by atoms with van der Waals surface area (Å²) in [6, 6.07) is 3.62. The Morgan fingerprint density at radius 2 is 2.10 bits per heavy atom. The summed E-state index contributed by atoms with van der Waals surface area (Å²) in [5, 5.41) is 3.89. The number of ether oxygens (including phenoxy) is 3. The van der Waals surface area contributed by atoms with E-state index in [9.17, 15) is 0 Å². The van der Waals surface area contributed by atoms with Crippen molar-refractivity contribution in [1.82, 2.24) is 5.32 Å². The fraction of sp³-hybridized carbons (Fsp3) is 0.500. The Morgan fingerprint density at radius 1 is 1.29 bits per heavy atom. The smallest absolute Gasteiger partial charge is 0.165 e. The first-order chi connectivity index (χ1) is 10.2. The first-order valence-electron chi connectivity index (χ1n) is 6.85. The Hall–Kier alpha value is -1.41. The molecule has 1 N–H and O–H groups in total. The molecule has 0 radical (unpaired) electrons. The molecule has 0 aliphatic heterocycles. The minimum absolute atomic E-state index is 0.549. The van der Waals surface area contributed by atoms with E-state index in [0.29, 0.717) is 42.7 Å². The molecule has 0 aromatic heterocycles. The Bertz CT molecular complexity index is 471. The van der Waals surface area contributed by atoms with Crippen LogP contribution >= 0.6 is 11.6 Å². The van der Waals surface area contributed by atoms with E-state index in [2.05, 4.69) is 11.2 Å². The minimum Gasteiger partial charge on any atom is -0.493 e. The fourth-order valence-electron chi connectivity index (χ4n) is 1.82. The van der Waals surface area contributed by atoms with Gasteiger partial charge in [-0.2, -0.15) is 0 Å². The zero-order valence-electron chi connectivity index (χ0n) is 12.6. The van der Waals surface area contributed by atoms with Gasteiger partial charge in [0, 0.05) is 43.3 Å². The van der Waals surface area contributed by atoms with Crippen LogP contribution in [0.25, 0.3) is 0 Å². The van der Waals surface area contributed by atoms with E-state index >= 15 is 0 Å². The molecule has 1 rings (SSSR count). The Balaban J connectivity index is 2.76. The summed E-state index contributed by atoms with van der Waals surface area (Å²) in [6.45, 7) is 2.58. The lowest BCUT2D eigenvalue weighted by molar-refractivity contribution is 0.199. The van der Waals surface area contributed by atoms with Crippen LogP contribution in [0, 0.1) is 12.3 Å². The Labute approximate surface area is 131 Å². The zero-order chi connectivity index (χ0) is 15.5. The summed E-state index contributed by atoms with van der Waals surface area (Å²) in [5.41, 5.74) is 0.955. The van der Waals surface area contributed by atoms with Gasteiger partial charge in [0.25, 0.3) is 0 Å². The Morgan fingerprint density at radius 3 is 2.76 bits per heavy atom. The molecule has 21 heavy (non-hydrogen) atoms. The van der Waals surface area contributed by atoms with Crippen LogP contribution in [0.1, 0.15) is 18.4 Å². The molecule has 116 valence electrons. The van der Waals surface area contributed by atoms with Crippen molar-refractivity contribution >= 4 is 11.6 Å². The van der Waals surface area contributed by atoms with Crippen LogP contribution in [-0.2, 0) is 11.3 Å². The molecule has 1 aromatic carbocycles. The van der Waals surface area contributed by atoms with Crippen LogP contribution in [-0.4, -0.2) is 34.0 Å². The molecule has 0 spiro atoms. The van der Waals surface area contributed by atoms with Crippen molar-refractivity contribution in [2.24, 2.45) is 0 Å². The van der Waals surface area contributed by atoms with Gasteiger partial charge in [-0.1, -0.05) is 11.6 Å². The lowest BCUT2D eigenvalue weighted by Crippen LogP contribution is -2.19. The van der Waals surface area contributed by atoms with Crippen LogP contribution in [0.3, 0.4) is 0 Å². The third-order valence-electron chi connectivity index (χ3n) is 2.83. The molecular formula is C16H22ClNO3. The van der Waals surface area contributed by atoms with Crippen LogP contribution in [0.5, 0.6) is 11.5 Å². The van der Waals surface area contributed by atoms with Gasteiger partial charge in [0.1, 0.15) is 0 Å². The summed E-state index contributed by atoms with van der Waals surface area (Å²) >= 11 is 6.11. The van der Waals surface area contributed by atoms with Crippen molar-refractivity contribution in [2.75, 3.05) is 34.0 Å². The largest absolute Gasteiger partial charge is 0.493 e. The molecule has 5 heteroatoms. The second kappa shape index (κ2) is 10.3.